The molecule has 0 spiro atoms. The van der Waals surface area contributed by atoms with Gasteiger partial charge in [0.25, 0.3) is 10.0 Å². The van der Waals surface area contributed by atoms with E-state index in [4.69, 9.17) is 5.26 Å². The highest BCUT2D eigenvalue weighted by Gasteiger charge is 2.27. The average Bonchev–Trinajstić information content (AvgIpc) is 2.47. The van der Waals surface area contributed by atoms with Crippen molar-refractivity contribution in [3.63, 3.8) is 0 Å². The summed E-state index contributed by atoms with van der Waals surface area (Å²) in [4.78, 5) is 3.55. The lowest BCUT2D eigenvalue weighted by Gasteiger charge is -2.23. The maximum atomic E-state index is 13.3. The Kier molecular flexibility index (Phi) is 4.19. The highest BCUT2D eigenvalue weighted by atomic mass is 32.2. The molecule has 108 valence electrons. The summed E-state index contributed by atoms with van der Waals surface area (Å²) in [5, 5.41) is 9.00. The van der Waals surface area contributed by atoms with Crippen LogP contribution in [0, 0.1) is 17.1 Å². The van der Waals surface area contributed by atoms with E-state index >= 15 is 0 Å². The van der Waals surface area contributed by atoms with E-state index in [9.17, 15) is 12.8 Å². The highest BCUT2D eigenvalue weighted by molar-refractivity contribution is 7.92. The van der Waals surface area contributed by atoms with E-state index in [0.717, 1.165) is 10.4 Å². The van der Waals surface area contributed by atoms with Crippen LogP contribution in [0.4, 0.5) is 10.1 Å². The van der Waals surface area contributed by atoms with Crippen LogP contribution in [0.5, 0.6) is 0 Å². The second-order valence-corrected chi connectivity index (χ2v) is 5.94. The molecule has 0 saturated carbocycles. The molecular weight excluding hydrogens is 293 g/mol. The van der Waals surface area contributed by atoms with Crippen molar-refractivity contribution in [2.24, 2.45) is 0 Å². The van der Waals surface area contributed by atoms with E-state index in [0.29, 0.717) is 0 Å². The molecule has 0 N–H and O–H groups in total. The van der Waals surface area contributed by atoms with E-state index in [1.54, 1.807) is 13.0 Å². The first-order valence-corrected chi connectivity index (χ1v) is 7.58. The van der Waals surface area contributed by atoms with E-state index in [2.05, 4.69) is 4.98 Å². The largest absolute Gasteiger partial charge is 0.267 e. The Balaban J connectivity index is 2.58. The lowest BCUT2D eigenvalue weighted by molar-refractivity contribution is 0.590. The normalized spacial score (nSPS) is 10.9. The summed E-state index contributed by atoms with van der Waals surface area (Å²) in [6.45, 7) is 1.73. The van der Waals surface area contributed by atoms with Gasteiger partial charge < -0.3 is 0 Å². The molecule has 0 aliphatic carbocycles. The van der Waals surface area contributed by atoms with E-state index in [-0.39, 0.29) is 22.8 Å². The van der Waals surface area contributed by atoms with Crippen LogP contribution in [0.3, 0.4) is 0 Å². The topological polar surface area (TPSA) is 74.1 Å². The predicted octanol–water partition coefficient (Wildman–Crippen LogP) is 2.31. The number of hydrogen-bond acceptors (Lipinski definition) is 4. The zero-order valence-electron chi connectivity index (χ0n) is 11.2. The quantitative estimate of drug-likeness (QED) is 0.868. The molecule has 0 radical (unpaired) electrons. The molecular formula is C14H12FN3O2S. The second-order valence-electron chi connectivity index (χ2n) is 4.11. The standard InChI is InChI=1S/C14H12FN3O2S/c1-2-18(12-6-3-5-11(15)9-12)21(19,20)14-7-4-8-17-13(14)10-16/h3-9H,2H2,1H3. The van der Waals surface area contributed by atoms with Crippen LogP contribution in [0.25, 0.3) is 0 Å². The van der Waals surface area contributed by atoms with Crippen LogP contribution in [0.2, 0.25) is 0 Å². The van der Waals surface area contributed by atoms with Gasteiger partial charge in [0, 0.05) is 12.7 Å². The summed E-state index contributed by atoms with van der Waals surface area (Å²) < 4.78 is 39.7. The Morgan fingerprint density at radius 1 is 1.33 bits per heavy atom. The molecule has 5 nitrogen and oxygen atoms in total. The number of nitrogens with zero attached hydrogens (tertiary/aromatic N) is 3. The summed E-state index contributed by atoms with van der Waals surface area (Å²) in [6, 6.07) is 9.78. The van der Waals surface area contributed by atoms with Crippen LogP contribution < -0.4 is 4.31 Å². The van der Waals surface area contributed by atoms with Gasteiger partial charge in [-0.2, -0.15) is 5.26 Å². The van der Waals surface area contributed by atoms with Gasteiger partial charge in [0.15, 0.2) is 5.69 Å². The number of rotatable bonds is 4. The lowest BCUT2D eigenvalue weighted by atomic mass is 10.3. The fourth-order valence-corrected chi connectivity index (χ4v) is 3.49. The van der Waals surface area contributed by atoms with Crippen molar-refractivity contribution in [1.29, 1.82) is 5.26 Å². The summed E-state index contributed by atoms with van der Waals surface area (Å²) in [7, 11) is -3.98. The Hall–Kier alpha value is -2.46. The van der Waals surface area contributed by atoms with Gasteiger partial charge in [-0.25, -0.2) is 17.8 Å². The summed E-state index contributed by atoms with van der Waals surface area (Å²) in [5.41, 5.74) is 0.0117. The number of anilines is 1. The van der Waals surface area contributed by atoms with Gasteiger partial charge >= 0.3 is 0 Å². The number of sulfonamides is 1. The van der Waals surface area contributed by atoms with Crippen molar-refractivity contribution in [3.05, 3.63) is 54.1 Å². The van der Waals surface area contributed by atoms with Gasteiger partial charge in [0.2, 0.25) is 0 Å². The molecule has 2 aromatic rings. The van der Waals surface area contributed by atoms with Crippen molar-refractivity contribution >= 4 is 15.7 Å². The number of hydrogen-bond donors (Lipinski definition) is 0. The molecule has 1 aromatic heterocycles. The summed E-state index contributed by atoms with van der Waals surface area (Å²) in [6.07, 6.45) is 1.34. The minimum absolute atomic E-state index is 0.103. The molecule has 2 rings (SSSR count). The van der Waals surface area contributed by atoms with Gasteiger partial charge in [-0.15, -0.1) is 0 Å². The maximum absolute atomic E-state index is 13.3. The SMILES string of the molecule is CCN(c1cccc(F)c1)S(=O)(=O)c1cccnc1C#N. The monoisotopic (exact) mass is 305 g/mol. The number of pyridine rings is 1. The maximum Gasteiger partial charge on any atom is 0.267 e. The van der Waals surface area contributed by atoms with E-state index < -0.39 is 15.8 Å². The van der Waals surface area contributed by atoms with Crippen LogP contribution in [0.15, 0.2) is 47.5 Å². The molecule has 0 aliphatic rings. The molecule has 0 fully saturated rings. The number of aromatic nitrogens is 1. The highest BCUT2D eigenvalue weighted by Crippen LogP contribution is 2.25. The fraction of sp³-hybridized carbons (Fsp3) is 0.143. The van der Waals surface area contributed by atoms with Crippen molar-refractivity contribution in [2.75, 3.05) is 10.8 Å². The van der Waals surface area contributed by atoms with Crippen molar-refractivity contribution in [1.82, 2.24) is 4.98 Å². The first-order chi connectivity index (χ1) is 10.0. The molecule has 0 bridgehead atoms. The van der Waals surface area contributed by atoms with Crippen molar-refractivity contribution in [2.45, 2.75) is 11.8 Å². The average molecular weight is 305 g/mol. The third-order valence-corrected chi connectivity index (χ3v) is 4.76. The van der Waals surface area contributed by atoms with Crippen LogP contribution in [-0.4, -0.2) is 19.9 Å². The lowest BCUT2D eigenvalue weighted by Crippen LogP contribution is -2.31. The zero-order chi connectivity index (χ0) is 15.5. The third-order valence-electron chi connectivity index (χ3n) is 2.83. The Labute approximate surface area is 122 Å². The van der Waals surface area contributed by atoms with Crippen LogP contribution >= 0.6 is 0 Å². The van der Waals surface area contributed by atoms with Gasteiger partial charge in [0.1, 0.15) is 16.8 Å². The molecule has 0 amide bonds. The predicted molar refractivity (Wildman–Crippen MR) is 75.6 cm³/mol. The molecule has 21 heavy (non-hydrogen) atoms. The van der Waals surface area contributed by atoms with Crippen molar-refractivity contribution in [3.8, 4) is 6.07 Å². The minimum atomic E-state index is -3.98. The Morgan fingerprint density at radius 3 is 2.71 bits per heavy atom. The number of halogens is 1. The van der Waals surface area contributed by atoms with Gasteiger partial charge in [-0.05, 0) is 37.3 Å². The molecule has 0 atom stereocenters. The van der Waals surface area contributed by atoms with Crippen LogP contribution in [0.1, 0.15) is 12.6 Å². The molecule has 7 heteroatoms. The Morgan fingerprint density at radius 2 is 2.10 bits per heavy atom. The number of nitriles is 1. The molecule has 0 saturated heterocycles. The van der Waals surface area contributed by atoms with Gasteiger partial charge in [-0.1, -0.05) is 6.07 Å². The molecule has 1 aromatic carbocycles. The summed E-state index contributed by atoms with van der Waals surface area (Å²) in [5.74, 6) is -0.534. The van der Waals surface area contributed by atoms with E-state index in [1.165, 1.54) is 36.5 Å². The van der Waals surface area contributed by atoms with E-state index in [1.807, 2.05) is 0 Å². The fourth-order valence-electron chi connectivity index (χ4n) is 1.92. The molecule has 0 aliphatic heterocycles. The van der Waals surface area contributed by atoms with Gasteiger partial charge in [0.05, 0.1) is 5.69 Å². The van der Waals surface area contributed by atoms with Crippen molar-refractivity contribution < 1.29 is 12.8 Å². The first kappa shape index (κ1) is 14.9. The molecule has 0 unspecified atom stereocenters. The minimum Gasteiger partial charge on any atom is -0.266 e. The summed E-state index contributed by atoms with van der Waals surface area (Å²) >= 11 is 0. The first-order valence-electron chi connectivity index (χ1n) is 6.14. The second kappa shape index (κ2) is 5.89. The van der Waals surface area contributed by atoms with Gasteiger partial charge in [-0.3, -0.25) is 4.31 Å². The molecule has 1 heterocycles. The van der Waals surface area contributed by atoms with Crippen LogP contribution in [-0.2, 0) is 10.0 Å². The number of benzene rings is 1. The Bertz CT molecular complexity index is 800. The third kappa shape index (κ3) is 2.85. The zero-order valence-corrected chi connectivity index (χ0v) is 12.0. The smallest absolute Gasteiger partial charge is 0.266 e.